The summed E-state index contributed by atoms with van der Waals surface area (Å²) in [5, 5.41) is 6.85. The predicted molar refractivity (Wildman–Crippen MR) is 37.3 cm³/mol. The van der Waals surface area contributed by atoms with Gasteiger partial charge in [0.2, 0.25) is 0 Å². The highest BCUT2D eigenvalue weighted by molar-refractivity contribution is 4.98. The lowest BCUT2D eigenvalue weighted by Gasteiger charge is -2.19. The quantitative estimate of drug-likeness (QED) is 0.470. The first-order chi connectivity index (χ1) is 4.31. The van der Waals surface area contributed by atoms with Crippen molar-refractivity contribution in [3.63, 3.8) is 0 Å². The van der Waals surface area contributed by atoms with Crippen LogP contribution in [-0.4, -0.2) is 26.2 Å². The van der Waals surface area contributed by atoms with E-state index in [0.29, 0.717) is 5.41 Å². The summed E-state index contributed by atoms with van der Waals surface area (Å²) < 4.78 is 0. The van der Waals surface area contributed by atoms with Gasteiger partial charge in [-0.05, 0) is 24.4 Å². The predicted octanol–water partition coefficient (Wildman–Crippen LogP) is -0.185. The molecular weight excluding hydrogens is 112 g/mol. The smallest absolute Gasteiger partial charge is 0.00211 e. The van der Waals surface area contributed by atoms with E-state index in [1.807, 2.05) is 0 Å². The zero-order valence-corrected chi connectivity index (χ0v) is 5.91. The summed E-state index contributed by atoms with van der Waals surface area (Å²) in [6.45, 7) is 7.25. The molecule has 2 heterocycles. The van der Waals surface area contributed by atoms with Gasteiger partial charge in [0.25, 0.3) is 0 Å². The SMILES string of the molecule is CC12CNCC1CNC2. The molecule has 2 fully saturated rings. The molecule has 52 valence electrons. The minimum Gasteiger partial charge on any atom is -0.316 e. The molecule has 0 saturated carbocycles. The van der Waals surface area contributed by atoms with Gasteiger partial charge >= 0.3 is 0 Å². The zero-order valence-electron chi connectivity index (χ0n) is 5.91. The van der Waals surface area contributed by atoms with Gasteiger partial charge < -0.3 is 10.6 Å². The standard InChI is InChI=1S/C7H14N2/c1-7-4-8-2-6(7)3-9-5-7/h6,8-9H,2-5H2,1H3. The minimum atomic E-state index is 0.583. The van der Waals surface area contributed by atoms with E-state index < -0.39 is 0 Å². The Bertz CT molecular complexity index is 112. The van der Waals surface area contributed by atoms with Crippen molar-refractivity contribution in [3.8, 4) is 0 Å². The van der Waals surface area contributed by atoms with Gasteiger partial charge in [0, 0.05) is 13.1 Å². The van der Waals surface area contributed by atoms with Crippen LogP contribution in [0.1, 0.15) is 6.92 Å². The lowest BCUT2D eigenvalue weighted by molar-refractivity contribution is 0.337. The number of rotatable bonds is 0. The van der Waals surface area contributed by atoms with Crippen LogP contribution < -0.4 is 10.6 Å². The monoisotopic (exact) mass is 126 g/mol. The third-order valence-corrected chi connectivity index (χ3v) is 2.82. The fourth-order valence-electron chi connectivity index (χ4n) is 1.98. The highest BCUT2D eigenvalue weighted by atomic mass is 15.0. The molecule has 0 unspecified atom stereocenters. The second kappa shape index (κ2) is 1.70. The Morgan fingerprint density at radius 1 is 1.22 bits per heavy atom. The fraction of sp³-hybridized carbons (Fsp3) is 1.00. The topological polar surface area (TPSA) is 24.1 Å². The Hall–Kier alpha value is -0.0800. The van der Waals surface area contributed by atoms with Gasteiger partial charge in [0.1, 0.15) is 0 Å². The Morgan fingerprint density at radius 2 is 1.78 bits per heavy atom. The second-order valence-corrected chi connectivity index (χ2v) is 3.61. The van der Waals surface area contributed by atoms with E-state index in [1.54, 1.807) is 0 Å². The van der Waals surface area contributed by atoms with Crippen LogP contribution in [0.5, 0.6) is 0 Å². The summed E-state index contributed by atoms with van der Waals surface area (Å²) in [7, 11) is 0. The highest BCUT2D eigenvalue weighted by Gasteiger charge is 2.41. The second-order valence-electron chi connectivity index (χ2n) is 3.61. The Kier molecular flexibility index (Phi) is 1.08. The maximum Gasteiger partial charge on any atom is 0.00211 e. The number of nitrogens with one attached hydrogen (secondary N) is 2. The van der Waals surface area contributed by atoms with Crippen LogP contribution in [0.15, 0.2) is 0 Å². The van der Waals surface area contributed by atoms with E-state index in [2.05, 4.69) is 17.6 Å². The molecule has 2 aliphatic heterocycles. The van der Waals surface area contributed by atoms with Crippen LogP contribution in [0.2, 0.25) is 0 Å². The third-order valence-electron chi connectivity index (χ3n) is 2.82. The van der Waals surface area contributed by atoms with Crippen LogP contribution >= 0.6 is 0 Å². The van der Waals surface area contributed by atoms with Crippen molar-refractivity contribution in [1.29, 1.82) is 0 Å². The molecule has 0 atom stereocenters. The molecule has 0 aromatic heterocycles. The van der Waals surface area contributed by atoms with Gasteiger partial charge in [0.15, 0.2) is 0 Å². The van der Waals surface area contributed by atoms with Crippen molar-refractivity contribution in [2.75, 3.05) is 26.2 Å². The van der Waals surface area contributed by atoms with Crippen molar-refractivity contribution in [2.45, 2.75) is 6.92 Å². The van der Waals surface area contributed by atoms with E-state index >= 15 is 0 Å². The van der Waals surface area contributed by atoms with Crippen LogP contribution in [-0.2, 0) is 0 Å². The summed E-state index contributed by atoms with van der Waals surface area (Å²) in [5.74, 6) is 0.900. The highest BCUT2D eigenvalue weighted by Crippen LogP contribution is 2.33. The normalized spacial score (nSPS) is 49.7. The Morgan fingerprint density at radius 3 is 2.22 bits per heavy atom. The van der Waals surface area contributed by atoms with Crippen LogP contribution in [0, 0.1) is 11.3 Å². The molecule has 2 saturated heterocycles. The molecular formula is C7H14N2. The molecule has 0 aliphatic carbocycles. The molecule has 2 N–H and O–H groups in total. The molecule has 0 aromatic carbocycles. The molecule has 0 radical (unpaired) electrons. The number of hydrogen-bond donors (Lipinski definition) is 2. The first kappa shape index (κ1) is 5.69. The third kappa shape index (κ3) is 0.700. The number of hydrogen-bond acceptors (Lipinski definition) is 2. The molecule has 0 aromatic rings. The first-order valence-electron chi connectivity index (χ1n) is 3.73. The van der Waals surface area contributed by atoms with Gasteiger partial charge in [-0.25, -0.2) is 0 Å². The Labute approximate surface area is 56.0 Å². The van der Waals surface area contributed by atoms with Crippen LogP contribution in [0.4, 0.5) is 0 Å². The largest absolute Gasteiger partial charge is 0.316 e. The summed E-state index contributed by atoms with van der Waals surface area (Å²) in [6, 6.07) is 0. The molecule has 2 heteroatoms. The maximum atomic E-state index is 3.42. The average molecular weight is 126 g/mol. The van der Waals surface area contributed by atoms with Gasteiger partial charge in [-0.3, -0.25) is 0 Å². The van der Waals surface area contributed by atoms with Crippen molar-refractivity contribution >= 4 is 0 Å². The fourth-order valence-corrected chi connectivity index (χ4v) is 1.98. The van der Waals surface area contributed by atoms with Gasteiger partial charge in [-0.1, -0.05) is 6.92 Å². The lowest BCUT2D eigenvalue weighted by atomic mass is 9.83. The minimum absolute atomic E-state index is 0.583. The van der Waals surface area contributed by atoms with E-state index in [1.165, 1.54) is 26.2 Å². The van der Waals surface area contributed by atoms with Gasteiger partial charge in [-0.15, -0.1) is 0 Å². The van der Waals surface area contributed by atoms with Gasteiger partial charge in [-0.2, -0.15) is 0 Å². The van der Waals surface area contributed by atoms with E-state index in [4.69, 9.17) is 0 Å². The van der Waals surface area contributed by atoms with E-state index in [-0.39, 0.29) is 0 Å². The molecule has 2 rings (SSSR count). The van der Waals surface area contributed by atoms with Crippen molar-refractivity contribution in [2.24, 2.45) is 11.3 Å². The van der Waals surface area contributed by atoms with Crippen molar-refractivity contribution in [1.82, 2.24) is 10.6 Å². The van der Waals surface area contributed by atoms with Crippen molar-refractivity contribution in [3.05, 3.63) is 0 Å². The summed E-state index contributed by atoms with van der Waals surface area (Å²) in [4.78, 5) is 0. The average Bonchev–Trinajstić information content (AvgIpc) is 2.22. The van der Waals surface area contributed by atoms with Gasteiger partial charge in [0.05, 0.1) is 0 Å². The first-order valence-corrected chi connectivity index (χ1v) is 3.73. The summed E-state index contributed by atoms with van der Waals surface area (Å²) in [6.07, 6.45) is 0. The van der Waals surface area contributed by atoms with E-state index in [9.17, 15) is 0 Å². The summed E-state index contributed by atoms with van der Waals surface area (Å²) in [5.41, 5.74) is 0.583. The molecule has 0 amide bonds. The molecule has 0 spiro atoms. The maximum absolute atomic E-state index is 3.42. The molecule has 9 heavy (non-hydrogen) atoms. The van der Waals surface area contributed by atoms with E-state index in [0.717, 1.165) is 5.92 Å². The summed E-state index contributed by atoms with van der Waals surface area (Å²) >= 11 is 0. The molecule has 0 bridgehead atoms. The lowest BCUT2D eigenvalue weighted by Crippen LogP contribution is -2.26. The molecule has 2 nitrogen and oxygen atoms in total. The Balaban J connectivity index is 2.17. The zero-order chi connectivity index (χ0) is 6.32. The van der Waals surface area contributed by atoms with Crippen LogP contribution in [0.25, 0.3) is 0 Å². The van der Waals surface area contributed by atoms with Crippen molar-refractivity contribution < 1.29 is 0 Å². The number of fused-ring (bicyclic) bond motifs is 1. The van der Waals surface area contributed by atoms with Crippen LogP contribution in [0.3, 0.4) is 0 Å². The molecule has 2 aliphatic rings.